The molecule has 1 rings (SSSR count). The number of carbonyl (C=O) groups excluding carboxylic acids is 1. The average molecular weight is 265 g/mol. The van der Waals surface area contributed by atoms with Gasteiger partial charge in [-0.1, -0.05) is 0 Å². The van der Waals surface area contributed by atoms with Gasteiger partial charge in [-0.25, -0.2) is 13.2 Å². The van der Waals surface area contributed by atoms with Crippen molar-refractivity contribution in [2.45, 2.75) is 5.37 Å². The van der Waals surface area contributed by atoms with Crippen LogP contribution in [0.2, 0.25) is 0 Å². The molecule has 1 heterocycles. The van der Waals surface area contributed by atoms with E-state index in [1.807, 2.05) is 0 Å². The standard InChI is InChI=1S/C9H15NO4S2/c1-14-9(11)3-4-10-5-6-15-7-8(10)16(2,12)13/h3-4,8H,5-7H2,1-2H3. The Morgan fingerprint density at radius 1 is 1.56 bits per heavy atom. The maximum absolute atomic E-state index is 11.5. The lowest BCUT2D eigenvalue weighted by Gasteiger charge is -2.32. The van der Waals surface area contributed by atoms with Crippen molar-refractivity contribution >= 4 is 27.6 Å². The van der Waals surface area contributed by atoms with Gasteiger partial charge in [-0.2, -0.15) is 11.8 Å². The zero-order valence-electron chi connectivity index (χ0n) is 9.25. The zero-order chi connectivity index (χ0) is 12.2. The quantitative estimate of drug-likeness (QED) is 0.532. The number of carbonyl (C=O) groups is 1. The first-order valence-electron chi connectivity index (χ1n) is 4.73. The summed E-state index contributed by atoms with van der Waals surface area (Å²) in [5.74, 6) is 0.910. The summed E-state index contributed by atoms with van der Waals surface area (Å²) in [4.78, 5) is 12.6. The topological polar surface area (TPSA) is 63.7 Å². The summed E-state index contributed by atoms with van der Waals surface area (Å²) in [6.07, 6.45) is 3.95. The Hall–Kier alpha value is -0.690. The molecular weight excluding hydrogens is 250 g/mol. The summed E-state index contributed by atoms with van der Waals surface area (Å²) in [5.41, 5.74) is 0. The Labute approximate surface area is 99.7 Å². The van der Waals surface area contributed by atoms with E-state index in [0.717, 1.165) is 5.75 Å². The molecule has 1 fully saturated rings. The molecule has 1 saturated heterocycles. The van der Waals surface area contributed by atoms with Gasteiger partial charge in [-0.15, -0.1) is 0 Å². The summed E-state index contributed by atoms with van der Waals surface area (Å²) >= 11 is 1.60. The highest BCUT2D eigenvalue weighted by molar-refractivity contribution is 8.00. The summed E-state index contributed by atoms with van der Waals surface area (Å²) in [6.45, 7) is 0.621. The molecule has 0 saturated carbocycles. The molecule has 0 aromatic heterocycles. The lowest BCUT2D eigenvalue weighted by molar-refractivity contribution is -0.134. The van der Waals surface area contributed by atoms with Crippen molar-refractivity contribution in [1.29, 1.82) is 0 Å². The van der Waals surface area contributed by atoms with Crippen LogP contribution in [0.25, 0.3) is 0 Å². The minimum atomic E-state index is -3.13. The molecule has 5 nitrogen and oxygen atoms in total. The number of nitrogens with zero attached hydrogens (tertiary/aromatic N) is 1. The number of hydrogen-bond acceptors (Lipinski definition) is 6. The molecule has 0 radical (unpaired) electrons. The van der Waals surface area contributed by atoms with Gasteiger partial charge in [-0.3, -0.25) is 0 Å². The first-order valence-corrected chi connectivity index (χ1v) is 7.84. The summed E-state index contributed by atoms with van der Waals surface area (Å²) in [5, 5.41) is -0.549. The Balaban J connectivity index is 2.75. The third-order valence-electron chi connectivity index (χ3n) is 2.22. The molecule has 16 heavy (non-hydrogen) atoms. The molecule has 0 N–H and O–H groups in total. The Kier molecular flexibility index (Phi) is 4.67. The van der Waals surface area contributed by atoms with E-state index in [1.54, 1.807) is 16.7 Å². The van der Waals surface area contributed by atoms with Crippen LogP contribution in [0.1, 0.15) is 0 Å². The predicted molar refractivity (Wildman–Crippen MR) is 63.8 cm³/mol. The number of rotatable bonds is 3. The third kappa shape index (κ3) is 3.71. The third-order valence-corrected chi connectivity index (χ3v) is 4.88. The first kappa shape index (κ1) is 13.4. The van der Waals surface area contributed by atoms with E-state index in [-0.39, 0.29) is 0 Å². The normalized spacial score (nSPS) is 22.4. The number of esters is 1. The fraction of sp³-hybridized carbons (Fsp3) is 0.667. The number of ether oxygens (including phenoxy) is 1. The number of thioether (sulfide) groups is 1. The second-order valence-corrected chi connectivity index (χ2v) is 6.79. The van der Waals surface area contributed by atoms with Gasteiger partial charge in [0, 0.05) is 36.6 Å². The maximum atomic E-state index is 11.5. The van der Waals surface area contributed by atoms with Gasteiger partial charge in [0.2, 0.25) is 0 Å². The molecule has 1 aliphatic rings. The van der Waals surface area contributed by atoms with Crippen molar-refractivity contribution in [2.75, 3.05) is 31.4 Å². The minimum Gasteiger partial charge on any atom is -0.466 e. The molecule has 1 aliphatic heterocycles. The second kappa shape index (κ2) is 5.58. The van der Waals surface area contributed by atoms with Crippen LogP contribution in [0.3, 0.4) is 0 Å². The minimum absolute atomic E-state index is 0.481. The van der Waals surface area contributed by atoms with Crippen molar-refractivity contribution in [2.24, 2.45) is 0 Å². The van der Waals surface area contributed by atoms with Gasteiger partial charge in [0.1, 0.15) is 5.37 Å². The number of methoxy groups -OCH3 is 1. The fourth-order valence-electron chi connectivity index (χ4n) is 1.36. The maximum Gasteiger partial charge on any atom is 0.331 e. The van der Waals surface area contributed by atoms with Gasteiger partial charge in [0.15, 0.2) is 9.84 Å². The van der Waals surface area contributed by atoms with Crippen LogP contribution in [-0.4, -0.2) is 56.1 Å². The predicted octanol–water partition coefficient (Wildman–Crippen LogP) is 0.0926. The first-order chi connectivity index (χ1) is 7.45. The molecule has 0 aromatic rings. The van der Waals surface area contributed by atoms with E-state index in [4.69, 9.17) is 0 Å². The highest BCUT2D eigenvalue weighted by atomic mass is 32.2. The molecule has 1 atom stereocenters. The van der Waals surface area contributed by atoms with Crippen LogP contribution < -0.4 is 0 Å². The van der Waals surface area contributed by atoms with Crippen LogP contribution in [0.5, 0.6) is 0 Å². The van der Waals surface area contributed by atoms with Gasteiger partial charge >= 0.3 is 5.97 Å². The Morgan fingerprint density at radius 2 is 2.25 bits per heavy atom. The van der Waals surface area contributed by atoms with Crippen LogP contribution in [0, 0.1) is 0 Å². The highest BCUT2D eigenvalue weighted by Gasteiger charge is 2.28. The smallest absolute Gasteiger partial charge is 0.331 e. The summed E-state index contributed by atoms with van der Waals surface area (Å²) < 4.78 is 27.5. The monoisotopic (exact) mass is 265 g/mol. The summed E-state index contributed by atoms with van der Waals surface area (Å²) in [6, 6.07) is 0. The molecule has 0 aliphatic carbocycles. The molecule has 92 valence electrons. The van der Waals surface area contributed by atoms with Gasteiger partial charge < -0.3 is 9.64 Å². The highest BCUT2D eigenvalue weighted by Crippen LogP contribution is 2.20. The number of hydrogen-bond donors (Lipinski definition) is 0. The molecule has 7 heteroatoms. The van der Waals surface area contributed by atoms with E-state index < -0.39 is 21.2 Å². The summed E-state index contributed by atoms with van der Waals surface area (Å²) in [7, 11) is -1.84. The van der Waals surface area contributed by atoms with Crippen LogP contribution in [0.15, 0.2) is 12.3 Å². The molecule has 1 unspecified atom stereocenters. The van der Waals surface area contributed by atoms with Crippen molar-refractivity contribution in [1.82, 2.24) is 4.90 Å². The van der Waals surface area contributed by atoms with Gasteiger partial charge in [0.05, 0.1) is 7.11 Å². The Bertz CT molecular complexity index is 377. The van der Waals surface area contributed by atoms with Crippen LogP contribution >= 0.6 is 11.8 Å². The van der Waals surface area contributed by atoms with Crippen molar-refractivity contribution in [3.8, 4) is 0 Å². The van der Waals surface area contributed by atoms with Crippen molar-refractivity contribution in [3.63, 3.8) is 0 Å². The van der Waals surface area contributed by atoms with Crippen molar-refractivity contribution in [3.05, 3.63) is 12.3 Å². The van der Waals surface area contributed by atoms with E-state index in [0.29, 0.717) is 12.3 Å². The SMILES string of the molecule is COC(=O)C=CN1CCSCC1S(C)(=O)=O. The fourth-order valence-corrected chi connectivity index (χ4v) is 4.20. The molecule has 0 bridgehead atoms. The lowest BCUT2D eigenvalue weighted by atomic mass is 10.5. The number of sulfone groups is 1. The zero-order valence-corrected chi connectivity index (χ0v) is 10.9. The second-order valence-electron chi connectivity index (χ2n) is 3.44. The lowest BCUT2D eigenvalue weighted by Crippen LogP contribution is -2.43. The average Bonchev–Trinajstić information content (AvgIpc) is 2.25. The van der Waals surface area contributed by atoms with Crippen LogP contribution in [-0.2, 0) is 19.4 Å². The van der Waals surface area contributed by atoms with Gasteiger partial charge in [-0.05, 0) is 0 Å². The Morgan fingerprint density at radius 3 is 2.81 bits per heavy atom. The van der Waals surface area contributed by atoms with Gasteiger partial charge in [0.25, 0.3) is 0 Å². The van der Waals surface area contributed by atoms with E-state index in [2.05, 4.69) is 4.74 Å². The molecule has 0 spiro atoms. The van der Waals surface area contributed by atoms with Crippen LogP contribution in [0.4, 0.5) is 0 Å². The molecule has 0 amide bonds. The van der Waals surface area contributed by atoms with Crippen molar-refractivity contribution < 1.29 is 17.9 Å². The molecular formula is C9H15NO4S2. The van der Waals surface area contributed by atoms with E-state index in [1.165, 1.54) is 25.6 Å². The van der Waals surface area contributed by atoms with E-state index in [9.17, 15) is 13.2 Å². The van der Waals surface area contributed by atoms with E-state index >= 15 is 0 Å². The largest absolute Gasteiger partial charge is 0.466 e. The molecule has 0 aromatic carbocycles.